The molecule has 1 fully saturated rings. The van der Waals surface area contributed by atoms with Crippen LogP contribution in [0.25, 0.3) is 5.69 Å². The Morgan fingerprint density at radius 1 is 1.17 bits per heavy atom. The molecule has 2 N–H and O–H groups in total. The fraction of sp³-hybridized carbons (Fsp3) is 0.304. The van der Waals surface area contributed by atoms with Gasteiger partial charge in [0.25, 0.3) is 0 Å². The highest BCUT2D eigenvalue weighted by molar-refractivity contribution is 7.80. The van der Waals surface area contributed by atoms with Gasteiger partial charge >= 0.3 is 0 Å². The van der Waals surface area contributed by atoms with E-state index in [4.69, 9.17) is 23.8 Å². The van der Waals surface area contributed by atoms with Gasteiger partial charge in [0.1, 0.15) is 0 Å². The highest BCUT2D eigenvalue weighted by Gasteiger charge is 2.41. The quantitative estimate of drug-likeness (QED) is 0.553. The predicted molar refractivity (Wildman–Crippen MR) is 124 cm³/mol. The molecule has 1 aromatic carbocycles. The number of nitrogens with zero attached hydrogens (tertiary/aromatic N) is 3. The molecule has 3 aromatic rings. The van der Waals surface area contributed by atoms with Gasteiger partial charge in [0, 0.05) is 41.4 Å². The summed E-state index contributed by atoms with van der Waals surface area (Å²) in [5.41, 5.74) is 5.52. The summed E-state index contributed by atoms with van der Waals surface area (Å²) in [6, 6.07) is 16.0. The van der Waals surface area contributed by atoms with Crippen molar-refractivity contribution in [3.63, 3.8) is 0 Å². The first-order chi connectivity index (χ1) is 14.5. The lowest BCUT2D eigenvalue weighted by Gasteiger charge is -2.28. The van der Waals surface area contributed by atoms with Crippen LogP contribution >= 0.6 is 23.8 Å². The highest BCUT2D eigenvalue weighted by atomic mass is 35.5. The van der Waals surface area contributed by atoms with Crippen molar-refractivity contribution in [3.05, 3.63) is 82.4 Å². The molecule has 156 valence electrons. The Balaban J connectivity index is 1.81. The van der Waals surface area contributed by atoms with E-state index < -0.39 is 0 Å². The highest BCUT2D eigenvalue weighted by Crippen LogP contribution is 2.41. The summed E-state index contributed by atoms with van der Waals surface area (Å²) in [5, 5.41) is 14.3. The fourth-order valence-electron chi connectivity index (χ4n) is 4.30. The Morgan fingerprint density at radius 2 is 1.93 bits per heavy atom. The van der Waals surface area contributed by atoms with Gasteiger partial charge < -0.3 is 19.9 Å². The molecule has 5 nitrogen and oxygen atoms in total. The predicted octanol–water partition coefficient (Wildman–Crippen LogP) is 4.50. The van der Waals surface area contributed by atoms with Crippen molar-refractivity contribution in [2.75, 3.05) is 13.2 Å². The molecule has 0 radical (unpaired) electrons. The number of hydrogen-bond acceptors (Lipinski definition) is 3. The van der Waals surface area contributed by atoms with E-state index in [0.29, 0.717) is 18.1 Å². The van der Waals surface area contributed by atoms with E-state index >= 15 is 0 Å². The fourth-order valence-corrected chi connectivity index (χ4v) is 4.76. The molecule has 1 aliphatic rings. The van der Waals surface area contributed by atoms with Crippen molar-refractivity contribution in [3.8, 4) is 5.69 Å². The van der Waals surface area contributed by atoms with Crippen LogP contribution in [0.2, 0.25) is 5.02 Å². The van der Waals surface area contributed by atoms with Crippen LogP contribution in [0.5, 0.6) is 0 Å². The molecular weight excluding hydrogens is 416 g/mol. The number of aliphatic hydroxyl groups is 1. The van der Waals surface area contributed by atoms with Crippen LogP contribution in [-0.4, -0.2) is 37.8 Å². The molecule has 0 spiro atoms. The number of aromatic nitrogens is 2. The van der Waals surface area contributed by atoms with Crippen molar-refractivity contribution in [1.29, 1.82) is 0 Å². The zero-order valence-electron chi connectivity index (χ0n) is 17.0. The van der Waals surface area contributed by atoms with E-state index in [9.17, 15) is 5.11 Å². The van der Waals surface area contributed by atoms with Crippen LogP contribution in [0.4, 0.5) is 0 Å². The maximum absolute atomic E-state index is 9.41. The first-order valence-corrected chi connectivity index (χ1v) is 10.8. The smallest absolute Gasteiger partial charge is 0.170 e. The molecule has 7 heteroatoms. The molecule has 0 aliphatic carbocycles. The van der Waals surface area contributed by atoms with E-state index in [-0.39, 0.29) is 18.7 Å². The van der Waals surface area contributed by atoms with Crippen molar-refractivity contribution < 1.29 is 5.11 Å². The normalized spacial score (nSPS) is 18.7. The molecule has 2 aromatic heterocycles. The van der Waals surface area contributed by atoms with Crippen molar-refractivity contribution >= 4 is 28.9 Å². The average Bonchev–Trinajstić information content (AvgIpc) is 3.23. The lowest BCUT2D eigenvalue weighted by atomic mass is 9.96. The lowest BCUT2D eigenvalue weighted by molar-refractivity contribution is 0.247. The molecule has 3 heterocycles. The molecule has 0 bridgehead atoms. The number of pyridine rings is 1. The molecule has 0 amide bonds. The standard InChI is InChI=1S/C23H25ClN4OS/c1-15-14-19(16(2)28(15)18-9-7-17(24)8-10-18)22-21(20-6-3-4-11-25-20)26-23(30)27(22)12-5-13-29/h3-4,6-11,14,21-22,29H,5,12-13H2,1-2H3,(H,26,30)/t21-,22-/m1/s1. The Morgan fingerprint density at radius 3 is 2.60 bits per heavy atom. The zero-order valence-corrected chi connectivity index (χ0v) is 18.6. The molecule has 0 saturated carbocycles. The Hall–Kier alpha value is -2.41. The first kappa shape index (κ1) is 20.8. The third-order valence-corrected chi connectivity index (χ3v) is 6.23. The third-order valence-electron chi connectivity index (χ3n) is 5.63. The number of hydrogen-bond donors (Lipinski definition) is 2. The number of benzene rings is 1. The summed E-state index contributed by atoms with van der Waals surface area (Å²) < 4.78 is 2.24. The molecule has 30 heavy (non-hydrogen) atoms. The van der Waals surface area contributed by atoms with Crippen LogP contribution in [0.15, 0.2) is 54.7 Å². The SMILES string of the molecule is Cc1cc([C@@H]2[C@@H](c3ccccn3)NC(=S)N2CCCO)c(C)n1-c1ccc(Cl)cc1. The summed E-state index contributed by atoms with van der Waals surface area (Å²) in [6.45, 7) is 5.06. The summed E-state index contributed by atoms with van der Waals surface area (Å²) in [4.78, 5) is 6.77. The van der Waals surface area contributed by atoms with Crippen LogP contribution in [0.1, 0.15) is 41.1 Å². The van der Waals surface area contributed by atoms with Crippen LogP contribution in [0, 0.1) is 13.8 Å². The maximum atomic E-state index is 9.41. The van der Waals surface area contributed by atoms with Gasteiger partial charge in [-0.05, 0) is 80.5 Å². The van der Waals surface area contributed by atoms with Gasteiger partial charge in [-0.25, -0.2) is 0 Å². The van der Waals surface area contributed by atoms with E-state index in [1.165, 1.54) is 5.56 Å². The van der Waals surface area contributed by atoms with Gasteiger partial charge in [-0.1, -0.05) is 17.7 Å². The Bertz CT molecular complexity index is 1040. The van der Waals surface area contributed by atoms with E-state index in [1.807, 2.05) is 48.7 Å². The van der Waals surface area contributed by atoms with E-state index in [0.717, 1.165) is 27.8 Å². The zero-order chi connectivity index (χ0) is 21.3. The summed E-state index contributed by atoms with van der Waals surface area (Å²) in [6.07, 6.45) is 2.47. The second-order valence-corrected chi connectivity index (χ2v) is 8.36. The van der Waals surface area contributed by atoms with Gasteiger partial charge in [0.05, 0.1) is 17.8 Å². The van der Waals surface area contributed by atoms with Gasteiger partial charge in [0.2, 0.25) is 0 Å². The number of aryl methyl sites for hydroxylation is 1. The third kappa shape index (κ3) is 3.83. The summed E-state index contributed by atoms with van der Waals surface area (Å²) in [5.74, 6) is 0. The number of aliphatic hydroxyl groups excluding tert-OH is 1. The second-order valence-electron chi connectivity index (χ2n) is 7.54. The second kappa shape index (κ2) is 8.76. The first-order valence-electron chi connectivity index (χ1n) is 10.0. The minimum Gasteiger partial charge on any atom is -0.396 e. The van der Waals surface area contributed by atoms with Crippen molar-refractivity contribution in [2.45, 2.75) is 32.4 Å². The average molecular weight is 441 g/mol. The minimum atomic E-state index is -0.0587. The summed E-state index contributed by atoms with van der Waals surface area (Å²) in [7, 11) is 0. The number of nitrogens with one attached hydrogen (secondary N) is 1. The monoisotopic (exact) mass is 440 g/mol. The lowest BCUT2D eigenvalue weighted by Crippen LogP contribution is -2.31. The topological polar surface area (TPSA) is 53.3 Å². The Kier molecular flexibility index (Phi) is 6.09. The molecule has 0 unspecified atom stereocenters. The number of halogens is 1. The molecule has 4 rings (SSSR count). The molecule has 1 aliphatic heterocycles. The van der Waals surface area contributed by atoms with Gasteiger partial charge in [-0.2, -0.15) is 0 Å². The Labute approximate surface area is 187 Å². The van der Waals surface area contributed by atoms with Crippen molar-refractivity contribution in [1.82, 2.24) is 19.8 Å². The van der Waals surface area contributed by atoms with Gasteiger partial charge in [0.15, 0.2) is 5.11 Å². The maximum Gasteiger partial charge on any atom is 0.170 e. The van der Waals surface area contributed by atoms with E-state index in [1.54, 1.807) is 0 Å². The van der Waals surface area contributed by atoms with Gasteiger partial charge in [-0.3, -0.25) is 4.98 Å². The molecule has 2 atom stereocenters. The largest absolute Gasteiger partial charge is 0.396 e. The summed E-state index contributed by atoms with van der Waals surface area (Å²) >= 11 is 11.8. The van der Waals surface area contributed by atoms with Crippen LogP contribution in [-0.2, 0) is 0 Å². The van der Waals surface area contributed by atoms with Crippen LogP contribution in [0.3, 0.4) is 0 Å². The number of rotatable bonds is 6. The molecule has 1 saturated heterocycles. The van der Waals surface area contributed by atoms with Crippen LogP contribution < -0.4 is 5.32 Å². The number of thiocarbonyl (C=S) groups is 1. The minimum absolute atomic E-state index is 0.00815. The van der Waals surface area contributed by atoms with Gasteiger partial charge in [-0.15, -0.1) is 0 Å². The van der Waals surface area contributed by atoms with Crippen molar-refractivity contribution in [2.24, 2.45) is 0 Å². The van der Waals surface area contributed by atoms with E-state index in [2.05, 4.69) is 39.7 Å². The molecular formula is C23H25ClN4OS.